The predicted octanol–water partition coefficient (Wildman–Crippen LogP) is 3.58. The molecule has 0 saturated carbocycles. The predicted molar refractivity (Wildman–Crippen MR) is 101 cm³/mol. The van der Waals surface area contributed by atoms with Gasteiger partial charge in [-0.25, -0.2) is 9.48 Å². The number of ether oxygens (including phenoxy) is 1. The summed E-state index contributed by atoms with van der Waals surface area (Å²) in [5.74, 6) is -0.290. The summed E-state index contributed by atoms with van der Waals surface area (Å²) >= 11 is 0. The van der Waals surface area contributed by atoms with Gasteiger partial charge in [0.2, 0.25) is 0 Å². The van der Waals surface area contributed by atoms with Gasteiger partial charge >= 0.3 is 5.97 Å². The minimum atomic E-state index is -1.07. The Bertz CT molecular complexity index is 977. The first-order chi connectivity index (χ1) is 13.2. The summed E-state index contributed by atoms with van der Waals surface area (Å²) in [6.45, 7) is 0.441. The molecule has 0 amide bonds. The van der Waals surface area contributed by atoms with Crippen LogP contribution in [0, 0.1) is 0 Å². The van der Waals surface area contributed by atoms with E-state index in [1.54, 1.807) is 11.8 Å². The van der Waals surface area contributed by atoms with E-state index in [0.717, 1.165) is 29.7 Å². The summed E-state index contributed by atoms with van der Waals surface area (Å²) in [5, 5.41) is 17.6. The van der Waals surface area contributed by atoms with Crippen molar-refractivity contribution in [2.75, 3.05) is 7.11 Å². The maximum atomic E-state index is 11.7. The van der Waals surface area contributed by atoms with Gasteiger partial charge < -0.3 is 9.84 Å². The quantitative estimate of drug-likeness (QED) is 0.750. The molecule has 0 radical (unpaired) electrons. The number of hydrogen-bond acceptors (Lipinski definition) is 4. The Kier molecular flexibility index (Phi) is 4.62. The fraction of sp³-hybridized carbons (Fsp3) is 0.286. The lowest BCUT2D eigenvalue weighted by atomic mass is 9.89. The molecule has 1 aromatic heterocycles. The van der Waals surface area contributed by atoms with E-state index in [9.17, 15) is 9.90 Å². The molecular formula is C21H21N3O3. The number of hydrogen-bond donors (Lipinski definition) is 1. The normalized spacial score (nSPS) is 13.2. The molecule has 4 rings (SSSR count). The van der Waals surface area contributed by atoms with Gasteiger partial charge in [-0.1, -0.05) is 29.5 Å². The first-order valence-electron chi connectivity index (χ1n) is 9.07. The number of nitrogens with zero attached hydrogens (tertiary/aromatic N) is 3. The molecule has 0 unspecified atom stereocenters. The number of methoxy groups -OCH3 is 1. The van der Waals surface area contributed by atoms with Crippen LogP contribution < -0.4 is 4.74 Å². The van der Waals surface area contributed by atoms with E-state index in [0.29, 0.717) is 12.2 Å². The Labute approximate surface area is 157 Å². The number of rotatable bonds is 5. The number of carbonyl (C=O) groups is 1. The van der Waals surface area contributed by atoms with Gasteiger partial charge in [0.1, 0.15) is 11.4 Å². The van der Waals surface area contributed by atoms with Gasteiger partial charge in [-0.2, -0.15) is 0 Å². The zero-order valence-electron chi connectivity index (χ0n) is 15.2. The number of aryl methyl sites for hydroxylation is 2. The number of aromatic nitrogens is 3. The fourth-order valence-corrected chi connectivity index (χ4v) is 3.64. The van der Waals surface area contributed by atoms with Gasteiger partial charge in [0.05, 0.1) is 13.7 Å². The third kappa shape index (κ3) is 3.43. The van der Waals surface area contributed by atoms with Gasteiger partial charge in [-0.05, 0) is 60.6 Å². The molecule has 1 aliphatic rings. The molecular weight excluding hydrogens is 342 g/mol. The second kappa shape index (κ2) is 7.23. The van der Waals surface area contributed by atoms with Crippen molar-refractivity contribution in [3.8, 4) is 17.0 Å². The van der Waals surface area contributed by atoms with Crippen LogP contribution in [0.5, 0.6) is 5.75 Å². The van der Waals surface area contributed by atoms with Crippen LogP contribution in [0.1, 0.15) is 40.0 Å². The third-order valence-corrected chi connectivity index (χ3v) is 5.05. The van der Waals surface area contributed by atoms with E-state index < -0.39 is 5.97 Å². The van der Waals surface area contributed by atoms with Gasteiger partial charge in [-0.15, -0.1) is 5.10 Å². The van der Waals surface area contributed by atoms with Crippen molar-refractivity contribution in [3.05, 3.63) is 64.8 Å². The van der Waals surface area contributed by atoms with Crippen LogP contribution in [0.2, 0.25) is 0 Å². The summed E-state index contributed by atoms with van der Waals surface area (Å²) in [5.41, 5.74) is 5.04. The summed E-state index contributed by atoms with van der Waals surface area (Å²) in [4.78, 5) is 11.7. The second-order valence-electron chi connectivity index (χ2n) is 6.79. The number of carboxylic acid groups (broad SMARTS) is 1. The smallest absolute Gasteiger partial charge is 0.358 e. The van der Waals surface area contributed by atoms with Crippen LogP contribution in [0.15, 0.2) is 42.5 Å². The second-order valence-corrected chi connectivity index (χ2v) is 6.79. The van der Waals surface area contributed by atoms with Crippen LogP contribution in [0.25, 0.3) is 11.3 Å². The number of carboxylic acids is 1. The third-order valence-electron chi connectivity index (χ3n) is 5.05. The summed E-state index contributed by atoms with van der Waals surface area (Å²) in [7, 11) is 1.62. The SMILES string of the molecule is COc1ccc(Cn2nnc(C(=O)O)c2-c2ccc3c(c2)CCCC3)cc1. The van der Waals surface area contributed by atoms with E-state index in [4.69, 9.17) is 4.74 Å². The minimum absolute atomic E-state index is 0.0146. The van der Waals surface area contributed by atoms with Crippen molar-refractivity contribution in [2.24, 2.45) is 0 Å². The Morgan fingerprint density at radius 3 is 2.56 bits per heavy atom. The molecule has 138 valence electrons. The first-order valence-corrected chi connectivity index (χ1v) is 9.07. The van der Waals surface area contributed by atoms with E-state index in [1.165, 1.54) is 24.0 Å². The lowest BCUT2D eigenvalue weighted by Crippen LogP contribution is -2.08. The van der Waals surface area contributed by atoms with Crippen molar-refractivity contribution in [2.45, 2.75) is 32.2 Å². The van der Waals surface area contributed by atoms with Crippen molar-refractivity contribution in [1.29, 1.82) is 0 Å². The topological polar surface area (TPSA) is 77.2 Å². The lowest BCUT2D eigenvalue weighted by molar-refractivity contribution is 0.0691. The average Bonchev–Trinajstić information content (AvgIpc) is 3.12. The van der Waals surface area contributed by atoms with Crippen LogP contribution in [-0.4, -0.2) is 33.2 Å². The zero-order chi connectivity index (χ0) is 18.8. The molecule has 3 aromatic rings. The molecule has 0 saturated heterocycles. The molecule has 0 spiro atoms. The highest BCUT2D eigenvalue weighted by Gasteiger charge is 2.22. The highest BCUT2D eigenvalue weighted by molar-refractivity contribution is 5.92. The van der Waals surface area contributed by atoms with Crippen LogP contribution in [0.4, 0.5) is 0 Å². The maximum absolute atomic E-state index is 11.7. The van der Waals surface area contributed by atoms with Gasteiger partial charge in [0, 0.05) is 5.56 Å². The Morgan fingerprint density at radius 1 is 1.11 bits per heavy atom. The summed E-state index contributed by atoms with van der Waals surface area (Å²) in [6.07, 6.45) is 4.51. The van der Waals surface area contributed by atoms with E-state index in [1.807, 2.05) is 30.3 Å². The Morgan fingerprint density at radius 2 is 1.85 bits per heavy atom. The number of fused-ring (bicyclic) bond motifs is 1. The average molecular weight is 363 g/mol. The molecule has 1 aliphatic carbocycles. The molecule has 6 heteroatoms. The van der Waals surface area contributed by atoms with Crippen molar-refractivity contribution >= 4 is 5.97 Å². The van der Waals surface area contributed by atoms with Gasteiger partial charge in [-0.3, -0.25) is 0 Å². The maximum Gasteiger partial charge on any atom is 0.358 e. The highest BCUT2D eigenvalue weighted by Crippen LogP contribution is 2.29. The van der Waals surface area contributed by atoms with Crippen molar-refractivity contribution in [3.63, 3.8) is 0 Å². The van der Waals surface area contributed by atoms with Gasteiger partial charge in [0.15, 0.2) is 5.69 Å². The van der Waals surface area contributed by atoms with Crippen LogP contribution in [0.3, 0.4) is 0 Å². The van der Waals surface area contributed by atoms with Crippen molar-refractivity contribution in [1.82, 2.24) is 15.0 Å². The van der Waals surface area contributed by atoms with Crippen LogP contribution >= 0.6 is 0 Å². The Balaban J connectivity index is 1.74. The first kappa shape index (κ1) is 17.3. The minimum Gasteiger partial charge on any atom is -0.497 e. The standard InChI is InChI=1S/C21H21N3O3/c1-27-18-10-6-14(7-11-18)13-24-20(19(21(25)26)22-23-24)17-9-8-15-4-2-3-5-16(15)12-17/h6-12H,2-5,13H2,1H3,(H,25,26). The van der Waals surface area contributed by atoms with E-state index in [2.05, 4.69) is 22.4 Å². The zero-order valence-corrected chi connectivity index (χ0v) is 15.2. The molecule has 1 N–H and O–H groups in total. The lowest BCUT2D eigenvalue weighted by Gasteiger charge is -2.17. The number of benzene rings is 2. The molecule has 0 bridgehead atoms. The van der Waals surface area contributed by atoms with E-state index >= 15 is 0 Å². The van der Waals surface area contributed by atoms with Crippen LogP contribution in [-0.2, 0) is 19.4 Å². The molecule has 0 fully saturated rings. The molecule has 0 atom stereocenters. The number of aromatic carboxylic acids is 1. The molecule has 6 nitrogen and oxygen atoms in total. The summed E-state index contributed by atoms with van der Waals surface area (Å²) in [6, 6.07) is 13.8. The largest absolute Gasteiger partial charge is 0.497 e. The fourth-order valence-electron chi connectivity index (χ4n) is 3.64. The highest BCUT2D eigenvalue weighted by atomic mass is 16.5. The Hall–Kier alpha value is -3.15. The summed E-state index contributed by atoms with van der Waals surface area (Å²) < 4.78 is 6.85. The van der Waals surface area contributed by atoms with Gasteiger partial charge in [0.25, 0.3) is 0 Å². The molecule has 27 heavy (non-hydrogen) atoms. The monoisotopic (exact) mass is 363 g/mol. The molecule has 2 aromatic carbocycles. The van der Waals surface area contributed by atoms with E-state index in [-0.39, 0.29) is 5.69 Å². The van der Waals surface area contributed by atoms with Crippen molar-refractivity contribution < 1.29 is 14.6 Å². The molecule has 0 aliphatic heterocycles. The molecule has 1 heterocycles.